The molecule has 1 aliphatic heterocycles. The number of pyridine rings is 1. The van der Waals surface area contributed by atoms with E-state index in [-0.39, 0.29) is 11.8 Å². The Morgan fingerprint density at radius 3 is 2.41 bits per heavy atom. The average Bonchev–Trinajstić information content (AvgIpc) is 2.79. The lowest BCUT2D eigenvalue weighted by Crippen LogP contribution is -2.47. The van der Waals surface area contributed by atoms with Crippen LogP contribution in [0.15, 0.2) is 66.9 Å². The minimum Gasteiger partial charge on any atom is -0.497 e. The molecule has 1 N–H and O–H groups in total. The van der Waals surface area contributed by atoms with E-state index in [2.05, 4.69) is 10.3 Å². The molecule has 0 radical (unpaired) electrons. The maximum Gasteiger partial charge on any atom is 0.231 e. The second-order valence-corrected chi connectivity index (χ2v) is 8.17. The number of hydrogen-bond acceptors (Lipinski definition) is 4. The van der Waals surface area contributed by atoms with Crippen molar-refractivity contribution in [1.29, 1.82) is 0 Å². The molecule has 0 saturated carbocycles. The van der Waals surface area contributed by atoms with E-state index in [1.807, 2.05) is 74.5 Å². The Labute approximate surface area is 188 Å². The zero-order valence-corrected chi connectivity index (χ0v) is 18.5. The molecule has 32 heavy (non-hydrogen) atoms. The lowest BCUT2D eigenvalue weighted by Gasteiger charge is -2.41. The van der Waals surface area contributed by atoms with Gasteiger partial charge in [0, 0.05) is 18.3 Å². The van der Waals surface area contributed by atoms with Crippen LogP contribution in [0.4, 0.5) is 11.5 Å². The van der Waals surface area contributed by atoms with Crippen LogP contribution in [0.3, 0.4) is 0 Å². The van der Waals surface area contributed by atoms with Crippen molar-refractivity contribution in [2.45, 2.75) is 32.7 Å². The van der Waals surface area contributed by atoms with Crippen LogP contribution in [-0.4, -0.2) is 23.9 Å². The number of carbonyl (C=O) groups is 2. The van der Waals surface area contributed by atoms with Gasteiger partial charge in [-0.1, -0.05) is 29.8 Å². The molecule has 0 spiro atoms. The monoisotopic (exact) mass is 429 g/mol. The van der Waals surface area contributed by atoms with Crippen molar-refractivity contribution in [1.82, 2.24) is 4.98 Å². The topological polar surface area (TPSA) is 71.5 Å². The second-order valence-electron chi connectivity index (χ2n) is 8.17. The molecule has 1 aromatic heterocycles. The lowest BCUT2D eigenvalue weighted by atomic mass is 9.83. The van der Waals surface area contributed by atoms with Gasteiger partial charge in [-0.3, -0.25) is 9.59 Å². The molecule has 3 aromatic rings. The zero-order valence-electron chi connectivity index (χ0n) is 18.5. The van der Waals surface area contributed by atoms with E-state index in [1.165, 1.54) is 0 Å². The van der Waals surface area contributed by atoms with Gasteiger partial charge >= 0.3 is 0 Å². The number of hydrogen-bond donors (Lipinski definition) is 1. The van der Waals surface area contributed by atoms with E-state index in [0.717, 1.165) is 28.1 Å². The van der Waals surface area contributed by atoms with Crippen LogP contribution < -0.4 is 15.0 Å². The number of amides is 2. The number of ether oxygens (including phenoxy) is 1. The Balaban J connectivity index is 1.73. The molecule has 0 aliphatic carbocycles. The van der Waals surface area contributed by atoms with E-state index >= 15 is 0 Å². The van der Waals surface area contributed by atoms with Gasteiger partial charge in [0.25, 0.3) is 0 Å². The highest BCUT2D eigenvalue weighted by atomic mass is 16.5. The van der Waals surface area contributed by atoms with Gasteiger partial charge < -0.3 is 15.0 Å². The van der Waals surface area contributed by atoms with Crippen LogP contribution in [0.1, 0.15) is 35.6 Å². The number of anilines is 2. The maximum atomic E-state index is 13.4. The van der Waals surface area contributed by atoms with Crippen LogP contribution in [0, 0.1) is 19.8 Å². The molecule has 6 nitrogen and oxygen atoms in total. The Hall–Kier alpha value is -3.67. The Morgan fingerprint density at radius 2 is 1.75 bits per heavy atom. The summed E-state index contributed by atoms with van der Waals surface area (Å²) in [4.78, 5) is 32.6. The predicted molar refractivity (Wildman–Crippen MR) is 125 cm³/mol. The molecule has 1 fully saturated rings. The van der Waals surface area contributed by atoms with E-state index in [4.69, 9.17) is 4.74 Å². The van der Waals surface area contributed by atoms with E-state index < -0.39 is 12.0 Å². The number of carbonyl (C=O) groups excluding carboxylic acids is 2. The van der Waals surface area contributed by atoms with Gasteiger partial charge in [-0.2, -0.15) is 0 Å². The maximum absolute atomic E-state index is 13.4. The van der Waals surface area contributed by atoms with Crippen molar-refractivity contribution in [3.8, 4) is 5.75 Å². The third-order valence-corrected chi connectivity index (χ3v) is 5.87. The van der Waals surface area contributed by atoms with Gasteiger partial charge in [-0.15, -0.1) is 0 Å². The SMILES string of the molecule is COc1ccc(C2C(C(=O)Nc3cc(C)ccn3)CCC(=O)N2c2ccc(C)cc2)cc1. The van der Waals surface area contributed by atoms with E-state index in [1.54, 1.807) is 18.2 Å². The predicted octanol–water partition coefficient (Wildman–Crippen LogP) is 4.83. The molecule has 6 heteroatoms. The van der Waals surface area contributed by atoms with Gasteiger partial charge in [0.15, 0.2) is 0 Å². The van der Waals surface area contributed by atoms with Crippen LogP contribution >= 0.6 is 0 Å². The number of aryl methyl sites for hydroxylation is 2. The summed E-state index contributed by atoms with van der Waals surface area (Å²) in [6.45, 7) is 3.96. The minimum atomic E-state index is -0.435. The molecule has 164 valence electrons. The van der Waals surface area contributed by atoms with Gasteiger partial charge in [-0.05, 0) is 67.8 Å². The number of benzene rings is 2. The number of methoxy groups -OCH3 is 1. The van der Waals surface area contributed by atoms with Crippen LogP contribution in [0.2, 0.25) is 0 Å². The smallest absolute Gasteiger partial charge is 0.231 e. The van der Waals surface area contributed by atoms with Crippen LogP contribution in [0.5, 0.6) is 5.75 Å². The van der Waals surface area contributed by atoms with Crippen molar-refractivity contribution in [3.05, 3.63) is 83.6 Å². The first-order valence-corrected chi connectivity index (χ1v) is 10.7. The third-order valence-electron chi connectivity index (χ3n) is 5.87. The molecule has 2 heterocycles. The first kappa shape index (κ1) is 21.6. The summed E-state index contributed by atoms with van der Waals surface area (Å²) in [5.74, 6) is 0.677. The van der Waals surface area contributed by atoms with Crippen LogP contribution in [-0.2, 0) is 9.59 Å². The minimum absolute atomic E-state index is 0.00685. The van der Waals surface area contributed by atoms with Gasteiger partial charge in [0.1, 0.15) is 11.6 Å². The molecule has 2 atom stereocenters. The highest BCUT2D eigenvalue weighted by molar-refractivity contribution is 6.00. The quantitative estimate of drug-likeness (QED) is 0.631. The molecular formula is C26H27N3O3. The van der Waals surface area contributed by atoms with E-state index in [9.17, 15) is 9.59 Å². The molecule has 1 aliphatic rings. The van der Waals surface area contributed by atoms with Gasteiger partial charge in [0.05, 0.1) is 19.1 Å². The fourth-order valence-electron chi connectivity index (χ4n) is 4.18. The molecular weight excluding hydrogens is 402 g/mol. The molecule has 2 aromatic carbocycles. The van der Waals surface area contributed by atoms with Crippen molar-refractivity contribution in [2.75, 3.05) is 17.3 Å². The first-order valence-electron chi connectivity index (χ1n) is 10.7. The fourth-order valence-corrected chi connectivity index (χ4v) is 4.18. The number of piperidine rings is 1. The Kier molecular flexibility index (Phi) is 6.21. The number of nitrogens with one attached hydrogen (secondary N) is 1. The highest BCUT2D eigenvalue weighted by Crippen LogP contribution is 2.41. The Morgan fingerprint density at radius 1 is 1.03 bits per heavy atom. The van der Waals surface area contributed by atoms with E-state index in [0.29, 0.717) is 18.7 Å². The highest BCUT2D eigenvalue weighted by Gasteiger charge is 2.41. The first-order chi connectivity index (χ1) is 15.5. The summed E-state index contributed by atoms with van der Waals surface area (Å²) < 4.78 is 5.30. The molecule has 4 rings (SSSR count). The molecule has 2 unspecified atom stereocenters. The van der Waals surface area contributed by atoms with Gasteiger partial charge in [-0.25, -0.2) is 4.98 Å². The largest absolute Gasteiger partial charge is 0.497 e. The summed E-state index contributed by atoms with van der Waals surface area (Å²) in [5.41, 5.74) is 3.80. The summed E-state index contributed by atoms with van der Waals surface area (Å²) >= 11 is 0. The summed E-state index contributed by atoms with van der Waals surface area (Å²) in [7, 11) is 1.61. The average molecular weight is 430 g/mol. The fraction of sp³-hybridized carbons (Fsp3) is 0.269. The number of nitrogens with zero attached hydrogens (tertiary/aromatic N) is 2. The zero-order chi connectivity index (χ0) is 22.7. The number of aromatic nitrogens is 1. The summed E-state index contributed by atoms with van der Waals surface area (Å²) in [6, 6.07) is 18.7. The standard InChI is InChI=1S/C26H27N3O3/c1-17-4-8-20(9-5-17)29-24(30)13-12-22(25(29)19-6-10-21(32-3)11-7-19)26(31)28-23-16-18(2)14-15-27-23/h4-11,14-16,22,25H,12-13H2,1-3H3,(H,27,28,31). The van der Waals surface area contributed by atoms with Crippen molar-refractivity contribution >= 4 is 23.3 Å². The van der Waals surface area contributed by atoms with Crippen molar-refractivity contribution in [3.63, 3.8) is 0 Å². The van der Waals surface area contributed by atoms with Crippen LogP contribution in [0.25, 0.3) is 0 Å². The summed E-state index contributed by atoms with van der Waals surface area (Å²) in [5, 5.41) is 2.96. The number of rotatable bonds is 5. The van der Waals surface area contributed by atoms with Crippen molar-refractivity contribution < 1.29 is 14.3 Å². The molecule has 1 saturated heterocycles. The normalized spacial score (nSPS) is 18.3. The molecule has 2 amide bonds. The molecule has 0 bridgehead atoms. The lowest BCUT2D eigenvalue weighted by molar-refractivity contribution is -0.125. The van der Waals surface area contributed by atoms with Gasteiger partial charge in [0.2, 0.25) is 11.8 Å². The van der Waals surface area contributed by atoms with Crippen molar-refractivity contribution in [2.24, 2.45) is 5.92 Å². The Bertz CT molecular complexity index is 1110. The summed E-state index contributed by atoms with van der Waals surface area (Å²) in [6.07, 6.45) is 2.45. The second kappa shape index (κ2) is 9.22. The third kappa shape index (κ3) is 4.49.